The zero-order valence-electron chi connectivity index (χ0n) is 13.3. The Hall–Kier alpha value is -2.12. The largest absolute Gasteiger partial charge is 0.477 e. The molecule has 0 atom stereocenters. The second-order valence-electron chi connectivity index (χ2n) is 5.76. The topological polar surface area (TPSA) is 70.4 Å². The van der Waals surface area contributed by atoms with Crippen molar-refractivity contribution in [3.05, 3.63) is 45.7 Å². The van der Waals surface area contributed by atoms with Gasteiger partial charge in [-0.15, -0.1) is 0 Å². The summed E-state index contributed by atoms with van der Waals surface area (Å²) in [5.41, 5.74) is 3.67. The zero-order chi connectivity index (χ0) is 17.4. The second kappa shape index (κ2) is 6.41. The summed E-state index contributed by atoms with van der Waals surface area (Å²) in [4.78, 5) is 13.4. The van der Waals surface area contributed by atoms with Gasteiger partial charge in [0, 0.05) is 42.8 Å². The molecule has 1 aliphatic rings. The van der Waals surface area contributed by atoms with E-state index in [1.165, 1.54) is 4.68 Å². The lowest BCUT2D eigenvalue weighted by Gasteiger charge is -2.29. The Morgan fingerprint density at radius 1 is 1.46 bits per heavy atom. The fourth-order valence-electron chi connectivity index (χ4n) is 2.90. The third-order valence-corrected chi connectivity index (χ3v) is 4.71. The number of aromatic carboxylic acids is 1. The summed E-state index contributed by atoms with van der Waals surface area (Å²) >= 11 is 11.5. The molecule has 0 radical (unpaired) electrons. The van der Waals surface area contributed by atoms with Crippen LogP contribution in [0.25, 0.3) is 0 Å². The Kier molecular flexibility index (Phi) is 4.47. The van der Waals surface area contributed by atoms with Gasteiger partial charge in [-0.05, 0) is 42.9 Å². The van der Waals surface area contributed by atoms with Gasteiger partial charge in [-0.25, -0.2) is 4.79 Å². The lowest BCUT2D eigenvalue weighted by molar-refractivity contribution is 0.0683. The number of anilines is 1. The minimum atomic E-state index is -0.972. The SMILES string of the molecule is Cc1cc(Cl)ccc1NC(=S)N1CCc2nn(C)c(C(=O)O)c2C1. The number of hydrogen-bond donors (Lipinski definition) is 2. The highest BCUT2D eigenvalue weighted by Crippen LogP contribution is 2.24. The van der Waals surface area contributed by atoms with E-state index in [-0.39, 0.29) is 5.69 Å². The van der Waals surface area contributed by atoms with E-state index in [0.717, 1.165) is 22.5 Å². The van der Waals surface area contributed by atoms with Gasteiger partial charge in [0.25, 0.3) is 0 Å². The molecule has 2 heterocycles. The van der Waals surface area contributed by atoms with Crippen molar-refractivity contribution in [1.82, 2.24) is 14.7 Å². The summed E-state index contributed by atoms with van der Waals surface area (Å²) in [6.07, 6.45) is 0.665. The van der Waals surface area contributed by atoms with Gasteiger partial charge in [0.2, 0.25) is 0 Å². The van der Waals surface area contributed by atoms with Crippen molar-refractivity contribution in [3.63, 3.8) is 0 Å². The third-order valence-electron chi connectivity index (χ3n) is 4.12. The molecule has 126 valence electrons. The fourth-order valence-corrected chi connectivity index (χ4v) is 3.40. The first kappa shape index (κ1) is 16.7. The summed E-state index contributed by atoms with van der Waals surface area (Å²) in [6, 6.07) is 5.55. The summed E-state index contributed by atoms with van der Waals surface area (Å²) in [5, 5.41) is 18.2. The molecule has 1 aliphatic heterocycles. The molecular formula is C16H17ClN4O2S. The smallest absolute Gasteiger partial charge is 0.354 e. The molecule has 2 N–H and O–H groups in total. The Morgan fingerprint density at radius 3 is 2.88 bits per heavy atom. The monoisotopic (exact) mass is 364 g/mol. The lowest BCUT2D eigenvalue weighted by atomic mass is 10.1. The normalized spacial score (nSPS) is 13.5. The van der Waals surface area contributed by atoms with Gasteiger partial charge in [-0.1, -0.05) is 11.6 Å². The first-order chi connectivity index (χ1) is 11.4. The number of thiocarbonyl (C=S) groups is 1. The molecule has 8 heteroatoms. The summed E-state index contributed by atoms with van der Waals surface area (Å²) in [5.74, 6) is -0.972. The summed E-state index contributed by atoms with van der Waals surface area (Å²) in [7, 11) is 1.65. The highest BCUT2D eigenvalue weighted by Gasteiger charge is 2.28. The van der Waals surface area contributed by atoms with E-state index in [9.17, 15) is 9.90 Å². The van der Waals surface area contributed by atoms with Crippen LogP contribution in [0.15, 0.2) is 18.2 Å². The van der Waals surface area contributed by atoms with Crippen molar-refractivity contribution >= 4 is 40.6 Å². The standard InChI is InChI=1S/C16H17ClN4O2S/c1-9-7-10(17)3-4-12(9)18-16(24)21-6-5-13-11(8-21)14(15(22)23)20(2)19-13/h3-4,7H,5-6,8H2,1-2H3,(H,18,24)(H,22,23). The first-order valence-electron chi connectivity index (χ1n) is 7.47. The molecule has 2 aromatic rings. The van der Waals surface area contributed by atoms with Crippen molar-refractivity contribution in [2.75, 3.05) is 11.9 Å². The minimum Gasteiger partial charge on any atom is -0.477 e. The lowest BCUT2D eigenvalue weighted by Crippen LogP contribution is -2.39. The Labute approximate surface area is 150 Å². The fraction of sp³-hybridized carbons (Fsp3) is 0.312. The molecular weight excluding hydrogens is 348 g/mol. The molecule has 0 saturated heterocycles. The van der Waals surface area contributed by atoms with E-state index < -0.39 is 5.97 Å². The number of carboxylic acid groups (broad SMARTS) is 1. The molecule has 0 spiro atoms. The molecule has 1 aromatic heterocycles. The average Bonchev–Trinajstić information content (AvgIpc) is 2.84. The van der Waals surface area contributed by atoms with Crippen LogP contribution in [-0.4, -0.2) is 37.4 Å². The predicted octanol–water partition coefficient (Wildman–Crippen LogP) is 2.84. The van der Waals surface area contributed by atoms with Crippen LogP contribution in [-0.2, 0) is 20.0 Å². The van der Waals surface area contributed by atoms with Crippen molar-refractivity contribution in [2.24, 2.45) is 7.05 Å². The number of fused-ring (bicyclic) bond motifs is 1. The van der Waals surface area contributed by atoms with Gasteiger partial charge in [0.1, 0.15) is 0 Å². The number of benzene rings is 1. The van der Waals surface area contributed by atoms with Crippen molar-refractivity contribution in [2.45, 2.75) is 19.9 Å². The average molecular weight is 365 g/mol. The molecule has 6 nitrogen and oxygen atoms in total. The van der Waals surface area contributed by atoms with E-state index >= 15 is 0 Å². The summed E-state index contributed by atoms with van der Waals surface area (Å²) < 4.78 is 1.43. The Morgan fingerprint density at radius 2 is 2.21 bits per heavy atom. The predicted molar refractivity (Wildman–Crippen MR) is 96.7 cm³/mol. The number of hydrogen-bond acceptors (Lipinski definition) is 3. The van der Waals surface area contributed by atoms with E-state index in [1.54, 1.807) is 13.1 Å². The third kappa shape index (κ3) is 3.09. The number of rotatable bonds is 2. The number of aryl methyl sites for hydroxylation is 2. The van der Waals surface area contributed by atoms with Crippen LogP contribution < -0.4 is 5.32 Å². The highest BCUT2D eigenvalue weighted by atomic mass is 35.5. The van der Waals surface area contributed by atoms with E-state index in [0.29, 0.717) is 29.6 Å². The van der Waals surface area contributed by atoms with Crippen molar-refractivity contribution in [1.29, 1.82) is 0 Å². The van der Waals surface area contributed by atoms with Crippen LogP contribution in [0.2, 0.25) is 5.02 Å². The van der Waals surface area contributed by atoms with E-state index in [4.69, 9.17) is 23.8 Å². The zero-order valence-corrected chi connectivity index (χ0v) is 14.9. The molecule has 0 saturated carbocycles. The van der Waals surface area contributed by atoms with Crippen LogP contribution in [0.3, 0.4) is 0 Å². The number of nitrogens with zero attached hydrogens (tertiary/aromatic N) is 3. The van der Waals surface area contributed by atoms with Gasteiger partial charge in [-0.3, -0.25) is 4.68 Å². The van der Waals surface area contributed by atoms with Gasteiger partial charge in [0.15, 0.2) is 10.8 Å². The number of halogens is 1. The van der Waals surface area contributed by atoms with Crippen LogP contribution >= 0.6 is 23.8 Å². The molecule has 24 heavy (non-hydrogen) atoms. The Bertz CT molecular complexity index is 834. The van der Waals surface area contributed by atoms with Gasteiger partial charge >= 0.3 is 5.97 Å². The van der Waals surface area contributed by atoms with Crippen LogP contribution in [0, 0.1) is 6.92 Å². The number of aromatic nitrogens is 2. The Balaban J connectivity index is 1.80. The van der Waals surface area contributed by atoms with Gasteiger partial charge < -0.3 is 15.3 Å². The molecule has 0 fully saturated rings. The molecule has 1 aromatic carbocycles. The molecule has 3 rings (SSSR count). The van der Waals surface area contributed by atoms with Crippen LogP contribution in [0.4, 0.5) is 5.69 Å². The maximum absolute atomic E-state index is 11.5. The summed E-state index contributed by atoms with van der Waals surface area (Å²) in [6.45, 7) is 3.08. The van der Waals surface area contributed by atoms with Gasteiger partial charge in [-0.2, -0.15) is 5.10 Å². The van der Waals surface area contributed by atoms with Crippen LogP contribution in [0.1, 0.15) is 27.3 Å². The van der Waals surface area contributed by atoms with Crippen molar-refractivity contribution in [3.8, 4) is 0 Å². The number of nitrogens with one attached hydrogen (secondary N) is 1. The number of carbonyl (C=O) groups is 1. The molecule has 0 aliphatic carbocycles. The number of carboxylic acids is 1. The minimum absolute atomic E-state index is 0.222. The first-order valence-corrected chi connectivity index (χ1v) is 8.25. The second-order valence-corrected chi connectivity index (χ2v) is 6.59. The molecule has 0 bridgehead atoms. The molecule has 0 unspecified atom stereocenters. The quantitative estimate of drug-likeness (QED) is 0.798. The van der Waals surface area contributed by atoms with Crippen molar-refractivity contribution < 1.29 is 9.90 Å². The van der Waals surface area contributed by atoms with Gasteiger partial charge in [0.05, 0.1) is 5.69 Å². The van der Waals surface area contributed by atoms with E-state index in [2.05, 4.69) is 10.4 Å². The maximum Gasteiger partial charge on any atom is 0.354 e. The molecule has 0 amide bonds. The highest BCUT2D eigenvalue weighted by molar-refractivity contribution is 7.80. The van der Waals surface area contributed by atoms with E-state index in [1.807, 2.05) is 24.0 Å². The maximum atomic E-state index is 11.5. The van der Waals surface area contributed by atoms with Crippen LogP contribution in [0.5, 0.6) is 0 Å².